The van der Waals surface area contributed by atoms with Crippen LogP contribution in [0.25, 0.3) is 10.8 Å². The molecule has 248 valence electrons. The molecule has 3 saturated heterocycles. The third kappa shape index (κ3) is 6.26. The molecule has 4 aliphatic heterocycles. The van der Waals surface area contributed by atoms with Gasteiger partial charge in [-0.2, -0.15) is 28.4 Å². The van der Waals surface area contributed by atoms with E-state index in [0.717, 1.165) is 47.1 Å². The molecule has 2 aromatic carbocycles. The number of rotatable bonds is 7. The van der Waals surface area contributed by atoms with Gasteiger partial charge < -0.3 is 29.1 Å². The molecule has 5 heterocycles. The Morgan fingerprint density at radius 1 is 1.11 bits per heavy atom. The first-order valence-electron chi connectivity index (χ1n) is 15.9. The van der Waals surface area contributed by atoms with Gasteiger partial charge >= 0.3 is 12.2 Å². The highest BCUT2D eigenvalue weighted by Crippen LogP contribution is 2.40. The van der Waals surface area contributed by atoms with Gasteiger partial charge in [-0.25, -0.2) is 0 Å². The minimum atomic E-state index is -4.61. The van der Waals surface area contributed by atoms with Crippen molar-refractivity contribution in [1.82, 2.24) is 19.8 Å². The van der Waals surface area contributed by atoms with Gasteiger partial charge in [0.2, 0.25) is 0 Å². The summed E-state index contributed by atoms with van der Waals surface area (Å²) in [7, 11) is 2.08. The summed E-state index contributed by atoms with van der Waals surface area (Å²) >= 11 is 6.68. The van der Waals surface area contributed by atoms with Gasteiger partial charge in [-0.3, -0.25) is 4.79 Å². The number of hydrogen-bond donors (Lipinski definition) is 0. The van der Waals surface area contributed by atoms with Crippen molar-refractivity contribution in [2.75, 3.05) is 56.2 Å². The number of amides is 1. The van der Waals surface area contributed by atoms with Crippen molar-refractivity contribution in [3.8, 4) is 12.1 Å². The summed E-state index contributed by atoms with van der Waals surface area (Å²) in [5.41, 5.74) is 2.78. The Balaban J connectivity index is 1.18. The Kier molecular flexibility index (Phi) is 8.53. The number of carbonyl (C=O) groups excluding carboxylic acids is 1. The number of halogens is 4. The van der Waals surface area contributed by atoms with Crippen LogP contribution in [0.4, 0.5) is 24.7 Å². The molecule has 0 spiro atoms. The SMILES string of the molecule is CN1CCC[C@H]1COc1nc2c(c(N3CCN(C(=O)[C@H]4O[C@H]4C(F)(F)F)[C@@H](CC#N)C3)n1)CCN(c1cccc3cccc(Cl)c13)C2. The summed E-state index contributed by atoms with van der Waals surface area (Å²) in [6.07, 6.45) is -5.55. The average molecular weight is 670 g/mol. The van der Waals surface area contributed by atoms with Crippen LogP contribution in [0.2, 0.25) is 5.02 Å². The van der Waals surface area contributed by atoms with E-state index in [-0.39, 0.29) is 31.6 Å². The number of likely N-dealkylation sites (N-methyl/N-ethyl adjacent to an activating group) is 1. The van der Waals surface area contributed by atoms with Crippen LogP contribution in [0.5, 0.6) is 6.01 Å². The van der Waals surface area contributed by atoms with E-state index in [9.17, 15) is 23.2 Å². The molecule has 10 nitrogen and oxygen atoms in total. The van der Waals surface area contributed by atoms with Crippen molar-refractivity contribution in [3.63, 3.8) is 0 Å². The lowest BCUT2D eigenvalue weighted by molar-refractivity contribution is -0.148. The number of fused-ring (bicyclic) bond motifs is 2. The van der Waals surface area contributed by atoms with Crippen LogP contribution in [-0.4, -0.2) is 103 Å². The Bertz CT molecular complexity index is 1710. The van der Waals surface area contributed by atoms with Crippen molar-refractivity contribution < 1.29 is 27.4 Å². The number of aromatic nitrogens is 2. The number of alkyl halides is 3. The molecule has 0 saturated carbocycles. The molecule has 7 rings (SSSR count). The van der Waals surface area contributed by atoms with Crippen molar-refractivity contribution >= 4 is 39.8 Å². The molecule has 0 radical (unpaired) electrons. The van der Waals surface area contributed by atoms with Crippen LogP contribution in [0, 0.1) is 11.3 Å². The van der Waals surface area contributed by atoms with Crippen LogP contribution >= 0.6 is 11.6 Å². The maximum absolute atomic E-state index is 13.2. The standard InChI is InChI=1S/C33H35ClF3N7O3/c1-41-13-4-7-22(41)19-46-32-39-25-18-42(26-9-3-6-20-5-2-8-24(34)27(20)26)14-11-23(25)30(40-32)43-15-16-44(21(17-43)10-12-38)31(45)28-29(47-28)33(35,36)37/h2-3,5-6,8-9,21-22,28-29H,4,7,10-11,13-19H2,1H3/t21-,22-,28-,29+/m0/s1. The predicted octanol–water partition coefficient (Wildman–Crippen LogP) is 4.58. The van der Waals surface area contributed by atoms with E-state index >= 15 is 0 Å². The Labute approximate surface area is 275 Å². The second kappa shape index (κ2) is 12.6. The maximum atomic E-state index is 13.2. The fraction of sp³-hybridized carbons (Fsp3) is 0.515. The van der Waals surface area contributed by atoms with Crippen LogP contribution in [0.1, 0.15) is 30.5 Å². The molecule has 3 fully saturated rings. The molecule has 0 N–H and O–H groups in total. The van der Waals surface area contributed by atoms with Crippen LogP contribution in [0.15, 0.2) is 36.4 Å². The highest BCUT2D eigenvalue weighted by Gasteiger charge is 2.62. The molecule has 1 aromatic heterocycles. The summed E-state index contributed by atoms with van der Waals surface area (Å²) < 4.78 is 50.4. The predicted molar refractivity (Wildman–Crippen MR) is 170 cm³/mol. The van der Waals surface area contributed by atoms with E-state index in [2.05, 4.69) is 29.0 Å². The topological polar surface area (TPSA) is 101 Å². The van der Waals surface area contributed by atoms with Gasteiger partial charge in [0.25, 0.3) is 5.91 Å². The fourth-order valence-corrected chi connectivity index (χ4v) is 7.43. The molecule has 4 atom stereocenters. The normalized spacial score (nSPS) is 24.7. The molecular weight excluding hydrogens is 635 g/mol. The van der Waals surface area contributed by atoms with E-state index in [1.165, 1.54) is 4.90 Å². The first-order valence-corrected chi connectivity index (χ1v) is 16.3. The highest BCUT2D eigenvalue weighted by atomic mass is 35.5. The van der Waals surface area contributed by atoms with Gasteiger partial charge in [-0.1, -0.05) is 35.9 Å². The first-order chi connectivity index (χ1) is 22.6. The number of ether oxygens (including phenoxy) is 2. The summed E-state index contributed by atoms with van der Waals surface area (Å²) in [4.78, 5) is 30.8. The average Bonchev–Trinajstić information content (AvgIpc) is 3.78. The molecule has 0 unspecified atom stereocenters. The molecule has 14 heteroatoms. The molecule has 47 heavy (non-hydrogen) atoms. The highest BCUT2D eigenvalue weighted by molar-refractivity contribution is 6.36. The zero-order chi connectivity index (χ0) is 32.9. The van der Waals surface area contributed by atoms with Gasteiger partial charge in [0.15, 0.2) is 12.2 Å². The van der Waals surface area contributed by atoms with E-state index in [0.29, 0.717) is 43.5 Å². The number of nitrogens with zero attached hydrogens (tertiary/aromatic N) is 7. The monoisotopic (exact) mass is 669 g/mol. The number of epoxide rings is 1. The van der Waals surface area contributed by atoms with Crippen LogP contribution < -0.4 is 14.5 Å². The number of piperazine rings is 1. The number of benzene rings is 2. The third-order valence-corrected chi connectivity index (χ3v) is 10.0. The third-order valence-electron chi connectivity index (χ3n) is 9.72. The minimum Gasteiger partial charge on any atom is -0.462 e. The summed E-state index contributed by atoms with van der Waals surface area (Å²) in [5, 5.41) is 12.3. The molecular formula is C33H35ClF3N7O3. The lowest BCUT2D eigenvalue weighted by atomic mass is 10.0. The van der Waals surface area contributed by atoms with Crippen molar-refractivity contribution in [1.29, 1.82) is 5.26 Å². The van der Waals surface area contributed by atoms with Crippen molar-refractivity contribution in [2.24, 2.45) is 0 Å². The van der Waals surface area contributed by atoms with Gasteiger partial charge in [-0.15, -0.1) is 0 Å². The number of anilines is 2. The second-order valence-electron chi connectivity index (χ2n) is 12.6. The molecule has 4 aliphatic rings. The second-order valence-corrected chi connectivity index (χ2v) is 13.0. The lowest BCUT2D eigenvalue weighted by Gasteiger charge is -2.42. The van der Waals surface area contributed by atoms with Gasteiger partial charge in [0.05, 0.1) is 35.8 Å². The number of likely N-dealkylation sites (tertiary alicyclic amines) is 1. The van der Waals surface area contributed by atoms with Crippen molar-refractivity contribution in [2.45, 2.75) is 62.7 Å². The number of hydrogen-bond acceptors (Lipinski definition) is 9. The van der Waals surface area contributed by atoms with Crippen molar-refractivity contribution in [3.05, 3.63) is 52.7 Å². The zero-order valence-electron chi connectivity index (χ0n) is 25.9. The Hall–Kier alpha value is -3.86. The van der Waals surface area contributed by atoms with Gasteiger partial charge in [0, 0.05) is 48.9 Å². The maximum Gasteiger partial charge on any atom is 0.417 e. The first kappa shape index (κ1) is 31.7. The summed E-state index contributed by atoms with van der Waals surface area (Å²) in [6.45, 7) is 3.32. The van der Waals surface area contributed by atoms with E-state index in [1.54, 1.807) is 0 Å². The van der Waals surface area contributed by atoms with Gasteiger partial charge in [0.1, 0.15) is 12.4 Å². The number of nitriles is 1. The lowest BCUT2D eigenvalue weighted by Crippen LogP contribution is -2.57. The van der Waals surface area contributed by atoms with Crippen LogP contribution in [-0.2, 0) is 22.5 Å². The summed E-state index contributed by atoms with van der Waals surface area (Å²) in [6, 6.07) is 14.0. The number of carbonyl (C=O) groups is 1. The minimum absolute atomic E-state index is 0.0358. The Morgan fingerprint density at radius 3 is 2.64 bits per heavy atom. The fourth-order valence-electron chi connectivity index (χ4n) is 7.15. The molecule has 0 bridgehead atoms. The molecule has 1 amide bonds. The Morgan fingerprint density at radius 2 is 1.91 bits per heavy atom. The summed E-state index contributed by atoms with van der Waals surface area (Å²) in [5.74, 6) is -0.0581. The molecule has 0 aliphatic carbocycles. The largest absolute Gasteiger partial charge is 0.462 e. The van der Waals surface area contributed by atoms with Crippen LogP contribution in [0.3, 0.4) is 0 Å². The van der Waals surface area contributed by atoms with E-state index in [4.69, 9.17) is 31.0 Å². The van der Waals surface area contributed by atoms with E-state index < -0.39 is 30.3 Å². The molecule has 3 aromatic rings. The van der Waals surface area contributed by atoms with E-state index in [1.807, 2.05) is 35.2 Å². The quantitative estimate of drug-likeness (QED) is 0.335. The zero-order valence-corrected chi connectivity index (χ0v) is 26.7. The smallest absolute Gasteiger partial charge is 0.417 e. The van der Waals surface area contributed by atoms with Gasteiger partial charge in [-0.05, 0) is 50.4 Å².